The van der Waals surface area contributed by atoms with Gasteiger partial charge in [-0.25, -0.2) is 0 Å². The highest BCUT2D eigenvalue weighted by molar-refractivity contribution is 4.98. The van der Waals surface area contributed by atoms with Crippen molar-refractivity contribution in [2.75, 3.05) is 0 Å². The molecule has 0 aromatic carbocycles. The first-order valence-electron chi connectivity index (χ1n) is 9.00. The normalized spacial score (nSPS) is 49.1. The minimum Gasteiger partial charge on any atom is -0.393 e. The van der Waals surface area contributed by atoms with Gasteiger partial charge >= 0.3 is 0 Å². The van der Waals surface area contributed by atoms with Crippen molar-refractivity contribution in [1.82, 2.24) is 0 Å². The second-order valence-electron chi connectivity index (χ2n) is 9.03. The topological polar surface area (TPSA) is 40.5 Å². The van der Waals surface area contributed by atoms with E-state index in [2.05, 4.69) is 41.5 Å². The predicted octanol–water partition coefficient (Wildman–Crippen LogP) is 4.10. The first kappa shape index (κ1) is 17.3. The van der Waals surface area contributed by atoms with Gasteiger partial charge in [0, 0.05) is 0 Å². The predicted molar refractivity (Wildman–Crippen MR) is 87.9 cm³/mol. The lowest BCUT2D eigenvalue weighted by atomic mass is 9.51. The Balaban J connectivity index is 2.23. The van der Waals surface area contributed by atoms with Crippen molar-refractivity contribution in [3.8, 4) is 0 Å². The van der Waals surface area contributed by atoms with Gasteiger partial charge in [-0.05, 0) is 66.6 Å². The molecular weight excluding hydrogens is 260 g/mol. The van der Waals surface area contributed by atoms with E-state index >= 15 is 0 Å². The van der Waals surface area contributed by atoms with Crippen molar-refractivity contribution in [2.45, 2.75) is 79.4 Å². The van der Waals surface area contributed by atoms with Crippen LogP contribution in [0.3, 0.4) is 0 Å². The zero-order valence-corrected chi connectivity index (χ0v) is 14.8. The van der Waals surface area contributed by atoms with E-state index < -0.39 is 0 Å². The molecule has 0 bridgehead atoms. The summed E-state index contributed by atoms with van der Waals surface area (Å²) in [6.45, 7) is 14.2. The molecule has 2 N–H and O–H groups in total. The first-order valence-corrected chi connectivity index (χ1v) is 9.00. The maximum absolute atomic E-state index is 10.0. The Morgan fingerprint density at radius 3 is 1.10 bits per heavy atom. The van der Waals surface area contributed by atoms with Crippen molar-refractivity contribution >= 4 is 0 Å². The van der Waals surface area contributed by atoms with Crippen LogP contribution in [0.5, 0.6) is 0 Å². The van der Waals surface area contributed by atoms with E-state index in [-0.39, 0.29) is 17.6 Å². The van der Waals surface area contributed by atoms with Gasteiger partial charge in [0.2, 0.25) is 0 Å². The summed E-state index contributed by atoms with van der Waals surface area (Å²) in [7, 11) is 0. The molecule has 2 aliphatic rings. The Morgan fingerprint density at radius 2 is 0.857 bits per heavy atom. The van der Waals surface area contributed by atoms with Gasteiger partial charge in [-0.1, -0.05) is 41.5 Å². The zero-order chi connectivity index (χ0) is 15.9. The summed E-state index contributed by atoms with van der Waals surface area (Å²) in [4.78, 5) is 0. The van der Waals surface area contributed by atoms with E-state index in [9.17, 15) is 10.2 Å². The van der Waals surface area contributed by atoms with Gasteiger partial charge in [0.25, 0.3) is 0 Å². The maximum atomic E-state index is 10.0. The third-order valence-corrected chi connectivity index (χ3v) is 6.75. The average molecular weight is 296 g/mol. The smallest absolute Gasteiger partial charge is 0.0545 e. The Kier molecular flexibility index (Phi) is 5.10. The molecule has 124 valence electrons. The van der Waals surface area contributed by atoms with E-state index in [0.717, 1.165) is 25.7 Å². The van der Waals surface area contributed by atoms with Crippen LogP contribution >= 0.6 is 0 Å². The van der Waals surface area contributed by atoms with Crippen LogP contribution in [0.15, 0.2) is 0 Å². The third kappa shape index (κ3) is 3.32. The van der Waals surface area contributed by atoms with Crippen molar-refractivity contribution < 1.29 is 10.2 Å². The molecule has 2 nitrogen and oxygen atoms in total. The number of hydrogen-bond donors (Lipinski definition) is 2. The zero-order valence-electron chi connectivity index (χ0n) is 14.8. The van der Waals surface area contributed by atoms with Crippen LogP contribution in [0.4, 0.5) is 0 Å². The highest BCUT2D eigenvalue weighted by Crippen LogP contribution is 2.55. The Bertz CT molecular complexity index is 295. The van der Waals surface area contributed by atoms with Crippen molar-refractivity contribution in [2.24, 2.45) is 40.9 Å². The van der Waals surface area contributed by atoms with E-state index in [1.54, 1.807) is 0 Å². The minimum absolute atomic E-state index is 0.106. The molecule has 4 atom stereocenters. The second-order valence-corrected chi connectivity index (χ2v) is 9.03. The molecule has 0 heterocycles. The van der Waals surface area contributed by atoms with Crippen LogP contribution in [0.2, 0.25) is 0 Å². The molecule has 2 saturated carbocycles. The lowest BCUT2D eigenvalue weighted by Crippen LogP contribution is -2.50. The van der Waals surface area contributed by atoms with Crippen molar-refractivity contribution in [3.05, 3.63) is 0 Å². The van der Waals surface area contributed by atoms with Gasteiger partial charge < -0.3 is 10.2 Å². The summed E-state index contributed by atoms with van der Waals surface area (Å²) in [5, 5.41) is 20.1. The average Bonchev–Trinajstić information content (AvgIpc) is 2.23. The van der Waals surface area contributed by atoms with Crippen LogP contribution in [0, 0.1) is 40.9 Å². The van der Waals surface area contributed by atoms with Gasteiger partial charge in [0.15, 0.2) is 0 Å². The van der Waals surface area contributed by atoms with Gasteiger partial charge in [-0.2, -0.15) is 0 Å². The molecule has 2 aliphatic carbocycles. The lowest BCUT2D eigenvalue weighted by Gasteiger charge is -2.55. The van der Waals surface area contributed by atoms with Gasteiger partial charge in [-0.15, -0.1) is 0 Å². The Morgan fingerprint density at radius 1 is 0.619 bits per heavy atom. The highest BCUT2D eigenvalue weighted by Gasteiger charge is 2.49. The number of aliphatic hydroxyl groups excluding tert-OH is 2. The standard InChI is InChI=1S/C19H36O2/c1-11-7-15(20)8-12(2)17(11)19(5,6)18-13(3)9-16(21)10-14(18)4/h11-18,20-21H,7-10H2,1-6H3. The molecule has 0 aliphatic heterocycles. The molecule has 0 aromatic rings. The number of aliphatic hydroxyl groups is 2. The van der Waals surface area contributed by atoms with Gasteiger partial charge in [0.1, 0.15) is 0 Å². The van der Waals surface area contributed by atoms with Crippen LogP contribution in [-0.2, 0) is 0 Å². The number of hydrogen-bond acceptors (Lipinski definition) is 2. The SMILES string of the molecule is CC1CC(O)CC(C)C1C(C)(C)C1C(C)CC(O)CC1C. The minimum atomic E-state index is -0.106. The van der Waals surface area contributed by atoms with Crippen LogP contribution in [-0.4, -0.2) is 22.4 Å². The van der Waals surface area contributed by atoms with E-state index in [1.807, 2.05) is 0 Å². The fourth-order valence-corrected chi connectivity index (χ4v) is 6.77. The summed E-state index contributed by atoms with van der Waals surface area (Å²) < 4.78 is 0. The molecular formula is C19H36O2. The number of rotatable bonds is 2. The lowest BCUT2D eigenvalue weighted by molar-refractivity contribution is -0.0899. The monoisotopic (exact) mass is 296 g/mol. The molecule has 21 heavy (non-hydrogen) atoms. The fraction of sp³-hybridized carbons (Fsp3) is 1.00. The molecule has 0 radical (unpaired) electrons. The Labute approximate surface area is 131 Å². The first-order chi connectivity index (χ1) is 9.64. The van der Waals surface area contributed by atoms with E-state index in [0.29, 0.717) is 35.5 Å². The quantitative estimate of drug-likeness (QED) is 0.805. The largest absolute Gasteiger partial charge is 0.393 e. The van der Waals surface area contributed by atoms with E-state index in [4.69, 9.17) is 0 Å². The Hall–Kier alpha value is -0.0800. The van der Waals surface area contributed by atoms with Gasteiger partial charge in [0.05, 0.1) is 12.2 Å². The molecule has 2 rings (SSSR count). The second kappa shape index (κ2) is 6.20. The molecule has 0 spiro atoms. The molecule has 0 aromatic heterocycles. The van der Waals surface area contributed by atoms with E-state index in [1.165, 1.54) is 0 Å². The summed E-state index contributed by atoms with van der Waals surface area (Å²) >= 11 is 0. The maximum Gasteiger partial charge on any atom is 0.0545 e. The van der Waals surface area contributed by atoms with Crippen molar-refractivity contribution in [3.63, 3.8) is 0 Å². The molecule has 0 saturated heterocycles. The summed E-state index contributed by atoms with van der Waals surface area (Å²) in [5.74, 6) is 3.70. The van der Waals surface area contributed by atoms with Crippen LogP contribution in [0.1, 0.15) is 67.2 Å². The highest BCUT2D eigenvalue weighted by atomic mass is 16.3. The summed E-state index contributed by atoms with van der Waals surface area (Å²) in [6.07, 6.45) is 3.61. The summed E-state index contributed by atoms with van der Waals surface area (Å²) in [6, 6.07) is 0. The molecule has 2 fully saturated rings. The summed E-state index contributed by atoms with van der Waals surface area (Å²) in [5.41, 5.74) is 0.276. The fourth-order valence-electron chi connectivity index (χ4n) is 6.77. The van der Waals surface area contributed by atoms with Crippen LogP contribution < -0.4 is 0 Å². The molecule has 4 unspecified atom stereocenters. The molecule has 2 heteroatoms. The molecule has 0 amide bonds. The van der Waals surface area contributed by atoms with Crippen LogP contribution in [0.25, 0.3) is 0 Å². The third-order valence-electron chi connectivity index (χ3n) is 6.75. The van der Waals surface area contributed by atoms with Gasteiger partial charge in [-0.3, -0.25) is 0 Å². The van der Waals surface area contributed by atoms with Crippen molar-refractivity contribution in [1.29, 1.82) is 0 Å².